The summed E-state index contributed by atoms with van der Waals surface area (Å²) in [6.45, 7) is 7.05. The van der Waals surface area contributed by atoms with Crippen molar-refractivity contribution in [3.05, 3.63) is 81.5 Å². The van der Waals surface area contributed by atoms with Crippen LogP contribution in [0.25, 0.3) is 0 Å². The maximum absolute atomic E-state index is 11.1. The summed E-state index contributed by atoms with van der Waals surface area (Å²) in [6.07, 6.45) is 17.6. The molecule has 2 aliphatic carbocycles. The van der Waals surface area contributed by atoms with Crippen LogP contribution in [0, 0.1) is 32.7 Å². The van der Waals surface area contributed by atoms with Crippen molar-refractivity contribution in [1.29, 1.82) is 0 Å². The van der Waals surface area contributed by atoms with E-state index < -0.39 is 5.97 Å². The van der Waals surface area contributed by atoms with Crippen LogP contribution in [-0.2, 0) is 11.2 Å². The second-order valence-electron chi connectivity index (χ2n) is 10.2. The smallest absolute Gasteiger partial charge is 0.328 e. The first-order valence-corrected chi connectivity index (χ1v) is 13.1. The number of fused-ring (bicyclic) bond motifs is 1. The summed E-state index contributed by atoms with van der Waals surface area (Å²) in [4.78, 5) is 10.5. The SMILES string of the molecule is C\C(=C/C=C/C=C/C=C/C(=O)O)[C@@H]1CC[C@@H]2[C@H](Cc3ccc(I)cc3)[C@@H](O)C[C@@H](C)[C@]2(C)C1. The molecule has 4 heteroatoms. The topological polar surface area (TPSA) is 57.5 Å². The summed E-state index contributed by atoms with van der Waals surface area (Å²) in [5, 5.41) is 19.7. The average Bonchev–Trinajstić information content (AvgIpc) is 2.77. The van der Waals surface area contributed by atoms with Crippen LogP contribution in [0.1, 0.15) is 52.0 Å². The van der Waals surface area contributed by atoms with E-state index in [1.807, 2.05) is 18.2 Å². The van der Waals surface area contributed by atoms with E-state index >= 15 is 0 Å². The zero-order valence-corrected chi connectivity index (χ0v) is 22.1. The third kappa shape index (κ3) is 6.69. The minimum absolute atomic E-state index is 0.213. The van der Waals surface area contributed by atoms with Gasteiger partial charge in [-0.1, -0.05) is 68.0 Å². The minimum atomic E-state index is -0.936. The van der Waals surface area contributed by atoms with Crippen LogP contribution in [0.15, 0.2) is 72.4 Å². The lowest BCUT2D eigenvalue weighted by Crippen LogP contribution is -2.52. The molecule has 0 spiro atoms. The minimum Gasteiger partial charge on any atom is -0.478 e. The Morgan fingerprint density at radius 1 is 1.12 bits per heavy atom. The molecule has 0 bridgehead atoms. The second kappa shape index (κ2) is 11.7. The van der Waals surface area contributed by atoms with Crippen LogP contribution in [0.2, 0.25) is 0 Å². The van der Waals surface area contributed by atoms with Gasteiger partial charge in [0.2, 0.25) is 0 Å². The Balaban J connectivity index is 1.68. The standard InChI is InChI=1S/C29H37IO3/c1-20(9-7-5-4-6-8-10-28(32)33)23-13-16-26-25(18-22-11-14-24(30)15-12-22)27(31)17-21(2)29(26,3)19-23/h4-12,14-15,21,23,25-27,31H,13,16-19H2,1-3H3,(H,32,33)/b6-4+,7-5+,10-8+,20-9+/t21-,23-,25+,26-,27+,29+/m1/s1. The quantitative estimate of drug-likeness (QED) is 0.215. The highest BCUT2D eigenvalue weighted by atomic mass is 127. The highest BCUT2D eigenvalue weighted by Gasteiger charge is 2.52. The van der Waals surface area contributed by atoms with Crippen LogP contribution in [0.4, 0.5) is 0 Å². The zero-order chi connectivity index (χ0) is 24.0. The van der Waals surface area contributed by atoms with Crippen molar-refractivity contribution < 1.29 is 15.0 Å². The van der Waals surface area contributed by atoms with Crippen LogP contribution in [0.5, 0.6) is 0 Å². The van der Waals surface area contributed by atoms with Crippen LogP contribution < -0.4 is 0 Å². The van der Waals surface area contributed by atoms with E-state index in [9.17, 15) is 9.90 Å². The number of hydrogen-bond acceptors (Lipinski definition) is 2. The average molecular weight is 561 g/mol. The maximum atomic E-state index is 11.1. The molecule has 3 nitrogen and oxygen atoms in total. The number of allylic oxidation sites excluding steroid dienone is 7. The molecule has 6 atom stereocenters. The molecule has 0 unspecified atom stereocenters. The fourth-order valence-electron chi connectivity index (χ4n) is 6.07. The molecule has 0 heterocycles. The van der Waals surface area contributed by atoms with Gasteiger partial charge in [-0.25, -0.2) is 4.79 Å². The Labute approximate surface area is 212 Å². The van der Waals surface area contributed by atoms with E-state index in [4.69, 9.17) is 5.11 Å². The molecule has 1 aromatic carbocycles. The summed E-state index contributed by atoms with van der Waals surface area (Å²) in [7, 11) is 0. The number of carbonyl (C=O) groups is 1. The van der Waals surface area contributed by atoms with Gasteiger partial charge in [-0.15, -0.1) is 0 Å². The molecule has 2 saturated carbocycles. The Kier molecular flexibility index (Phi) is 9.17. The number of aliphatic carboxylic acids is 1. The molecule has 2 fully saturated rings. The largest absolute Gasteiger partial charge is 0.478 e. The number of aliphatic hydroxyl groups excluding tert-OH is 1. The number of carboxylic acid groups (broad SMARTS) is 1. The predicted molar refractivity (Wildman–Crippen MR) is 144 cm³/mol. The van der Waals surface area contributed by atoms with Gasteiger partial charge < -0.3 is 10.2 Å². The van der Waals surface area contributed by atoms with Crippen molar-refractivity contribution in [3.63, 3.8) is 0 Å². The lowest BCUT2D eigenvalue weighted by molar-refractivity contribution is -0.131. The molecule has 0 amide bonds. The van der Waals surface area contributed by atoms with E-state index in [-0.39, 0.29) is 11.5 Å². The second-order valence-corrected chi connectivity index (χ2v) is 11.4. The summed E-state index contributed by atoms with van der Waals surface area (Å²) >= 11 is 2.35. The van der Waals surface area contributed by atoms with Crippen molar-refractivity contribution in [2.75, 3.05) is 0 Å². The summed E-state index contributed by atoms with van der Waals surface area (Å²) < 4.78 is 1.25. The van der Waals surface area contributed by atoms with Crippen LogP contribution in [-0.4, -0.2) is 22.3 Å². The molecule has 3 rings (SSSR count). The number of halogens is 1. The van der Waals surface area contributed by atoms with Gasteiger partial charge >= 0.3 is 5.97 Å². The van der Waals surface area contributed by atoms with Gasteiger partial charge in [-0.05, 0) is 108 Å². The van der Waals surface area contributed by atoms with E-state index in [0.29, 0.717) is 23.7 Å². The van der Waals surface area contributed by atoms with Gasteiger partial charge in [0.1, 0.15) is 0 Å². The first-order chi connectivity index (χ1) is 15.7. The number of rotatable bonds is 7. The molecule has 0 aliphatic heterocycles. The number of aliphatic hydroxyl groups is 1. The summed E-state index contributed by atoms with van der Waals surface area (Å²) in [5.74, 6) is 1.04. The van der Waals surface area contributed by atoms with Crippen LogP contribution >= 0.6 is 22.6 Å². The molecule has 0 radical (unpaired) electrons. The van der Waals surface area contributed by atoms with E-state index in [2.05, 4.69) is 73.7 Å². The number of hydrogen-bond donors (Lipinski definition) is 2. The fraction of sp³-hybridized carbons (Fsp3) is 0.483. The first-order valence-electron chi connectivity index (χ1n) is 12.0. The number of carboxylic acids is 1. The monoisotopic (exact) mass is 560 g/mol. The van der Waals surface area contributed by atoms with Gasteiger partial charge in [0, 0.05) is 9.65 Å². The van der Waals surface area contributed by atoms with Crippen LogP contribution in [0.3, 0.4) is 0 Å². The Hall–Kier alpha value is -1.66. The van der Waals surface area contributed by atoms with E-state index in [0.717, 1.165) is 18.9 Å². The van der Waals surface area contributed by atoms with E-state index in [1.54, 1.807) is 6.08 Å². The van der Waals surface area contributed by atoms with E-state index in [1.165, 1.54) is 40.0 Å². The molecule has 0 aromatic heterocycles. The Bertz CT molecular complexity index is 927. The predicted octanol–water partition coefficient (Wildman–Crippen LogP) is 6.97. The third-order valence-corrected chi connectivity index (χ3v) is 8.88. The molecular weight excluding hydrogens is 523 g/mol. The third-order valence-electron chi connectivity index (χ3n) is 8.16. The molecule has 0 saturated heterocycles. The van der Waals surface area contributed by atoms with Gasteiger partial charge in [-0.2, -0.15) is 0 Å². The molecule has 2 N–H and O–H groups in total. The van der Waals surface area contributed by atoms with Crippen molar-refractivity contribution in [3.8, 4) is 0 Å². The Morgan fingerprint density at radius 3 is 2.48 bits per heavy atom. The highest BCUT2D eigenvalue weighted by molar-refractivity contribution is 14.1. The van der Waals surface area contributed by atoms with Gasteiger partial charge in [0.25, 0.3) is 0 Å². The van der Waals surface area contributed by atoms with Gasteiger partial charge in [0.15, 0.2) is 0 Å². The van der Waals surface area contributed by atoms with Gasteiger partial charge in [-0.3, -0.25) is 0 Å². The zero-order valence-electron chi connectivity index (χ0n) is 20.0. The lowest BCUT2D eigenvalue weighted by atomic mass is 9.49. The highest BCUT2D eigenvalue weighted by Crippen LogP contribution is 2.58. The first kappa shape index (κ1) is 26.0. The lowest BCUT2D eigenvalue weighted by Gasteiger charge is -2.56. The molecule has 2 aliphatic rings. The Morgan fingerprint density at radius 2 is 1.79 bits per heavy atom. The van der Waals surface area contributed by atoms with Crippen molar-refractivity contribution in [2.24, 2.45) is 29.1 Å². The molecule has 178 valence electrons. The fourth-order valence-corrected chi connectivity index (χ4v) is 6.43. The van der Waals surface area contributed by atoms with Crippen molar-refractivity contribution in [2.45, 2.75) is 59.0 Å². The molecule has 1 aromatic rings. The summed E-state index contributed by atoms with van der Waals surface area (Å²) in [6, 6.07) is 8.79. The normalized spacial score (nSPS) is 33.1. The maximum Gasteiger partial charge on any atom is 0.328 e. The molecule has 33 heavy (non-hydrogen) atoms. The number of benzene rings is 1. The van der Waals surface area contributed by atoms with Crippen molar-refractivity contribution in [1.82, 2.24) is 0 Å². The summed E-state index contributed by atoms with van der Waals surface area (Å²) in [5.41, 5.74) is 3.00. The van der Waals surface area contributed by atoms with Gasteiger partial charge in [0.05, 0.1) is 6.10 Å². The van der Waals surface area contributed by atoms with Crippen molar-refractivity contribution >= 4 is 28.6 Å². The molecular formula is C29H37IO3.